The minimum absolute atomic E-state index is 0.232. The molecule has 0 aromatic carbocycles. The fraction of sp³-hybridized carbons (Fsp3) is 0.818. The molecule has 4 heteroatoms. The molecule has 88 valence electrons. The summed E-state index contributed by atoms with van der Waals surface area (Å²) in [5, 5.41) is 0. The summed E-state index contributed by atoms with van der Waals surface area (Å²) in [5.74, 6) is -1.05. The zero-order valence-corrected chi connectivity index (χ0v) is 9.84. The van der Waals surface area contributed by atoms with Gasteiger partial charge in [0.25, 0.3) is 0 Å². The lowest BCUT2D eigenvalue weighted by atomic mass is 9.80. The van der Waals surface area contributed by atoms with Crippen LogP contribution in [0.25, 0.3) is 0 Å². The lowest BCUT2D eigenvalue weighted by molar-refractivity contribution is -0.166. The molecule has 0 bridgehead atoms. The van der Waals surface area contributed by atoms with Crippen LogP contribution >= 0.6 is 0 Å². The van der Waals surface area contributed by atoms with Crippen LogP contribution < -0.4 is 5.73 Å². The molecular formula is C11H21NO3. The molecule has 0 aromatic rings. The van der Waals surface area contributed by atoms with Gasteiger partial charge in [-0.2, -0.15) is 0 Å². The first kappa shape index (κ1) is 14.1. The molecule has 0 aliphatic carbocycles. The SMILES string of the molecule is CCCCC(CC)(CN)C(=O)OC(C)=O. The van der Waals surface area contributed by atoms with E-state index < -0.39 is 17.4 Å². The van der Waals surface area contributed by atoms with E-state index >= 15 is 0 Å². The Morgan fingerprint density at radius 2 is 1.93 bits per heavy atom. The van der Waals surface area contributed by atoms with Crippen LogP contribution in [0, 0.1) is 5.41 Å². The summed E-state index contributed by atoms with van der Waals surface area (Å²) in [6.07, 6.45) is 3.20. The summed E-state index contributed by atoms with van der Waals surface area (Å²) in [6, 6.07) is 0. The van der Waals surface area contributed by atoms with Crippen LogP contribution in [0.5, 0.6) is 0 Å². The van der Waals surface area contributed by atoms with E-state index in [0.29, 0.717) is 12.8 Å². The highest BCUT2D eigenvalue weighted by molar-refractivity contribution is 5.88. The van der Waals surface area contributed by atoms with Gasteiger partial charge in [0.2, 0.25) is 0 Å². The molecule has 0 aromatic heterocycles. The number of hydrogen-bond donors (Lipinski definition) is 1. The van der Waals surface area contributed by atoms with Crippen LogP contribution in [0.15, 0.2) is 0 Å². The van der Waals surface area contributed by atoms with E-state index in [9.17, 15) is 9.59 Å². The zero-order valence-electron chi connectivity index (χ0n) is 9.84. The van der Waals surface area contributed by atoms with Crippen LogP contribution in [-0.2, 0) is 14.3 Å². The van der Waals surface area contributed by atoms with Crippen LogP contribution in [0.3, 0.4) is 0 Å². The van der Waals surface area contributed by atoms with Crippen molar-refractivity contribution >= 4 is 11.9 Å². The molecule has 0 saturated heterocycles. The molecule has 4 nitrogen and oxygen atoms in total. The zero-order chi connectivity index (χ0) is 11.9. The van der Waals surface area contributed by atoms with E-state index in [-0.39, 0.29) is 6.54 Å². The minimum atomic E-state index is -0.679. The molecular weight excluding hydrogens is 194 g/mol. The molecule has 0 heterocycles. The van der Waals surface area contributed by atoms with E-state index in [2.05, 4.69) is 4.74 Å². The van der Waals surface area contributed by atoms with E-state index in [1.165, 1.54) is 6.92 Å². The van der Waals surface area contributed by atoms with Crippen molar-refractivity contribution < 1.29 is 14.3 Å². The Hall–Kier alpha value is -0.900. The standard InChI is InChI=1S/C11H21NO3/c1-4-6-7-11(5-2,8-12)10(14)15-9(3)13/h4-8,12H2,1-3H3. The van der Waals surface area contributed by atoms with Gasteiger partial charge in [0.15, 0.2) is 0 Å². The average molecular weight is 215 g/mol. The summed E-state index contributed by atoms with van der Waals surface area (Å²) in [6.45, 7) is 5.40. The Morgan fingerprint density at radius 1 is 1.33 bits per heavy atom. The summed E-state index contributed by atoms with van der Waals surface area (Å²) >= 11 is 0. The second-order valence-corrected chi connectivity index (χ2v) is 3.82. The van der Waals surface area contributed by atoms with Crippen molar-refractivity contribution in [3.05, 3.63) is 0 Å². The highest BCUT2D eigenvalue weighted by Gasteiger charge is 2.37. The maximum atomic E-state index is 11.7. The number of unbranched alkanes of at least 4 members (excludes halogenated alkanes) is 1. The first-order chi connectivity index (χ1) is 7.02. The normalized spacial score (nSPS) is 14.4. The largest absolute Gasteiger partial charge is 0.393 e. The highest BCUT2D eigenvalue weighted by atomic mass is 16.6. The van der Waals surface area contributed by atoms with Gasteiger partial charge >= 0.3 is 11.9 Å². The van der Waals surface area contributed by atoms with Crippen molar-refractivity contribution in [2.45, 2.75) is 46.5 Å². The van der Waals surface area contributed by atoms with E-state index in [1.54, 1.807) is 0 Å². The Balaban J connectivity index is 4.59. The van der Waals surface area contributed by atoms with Crippen LogP contribution in [0.1, 0.15) is 46.5 Å². The van der Waals surface area contributed by atoms with Gasteiger partial charge in [0, 0.05) is 13.5 Å². The summed E-state index contributed by atoms with van der Waals surface area (Å²) in [7, 11) is 0. The number of esters is 2. The van der Waals surface area contributed by atoms with Crippen molar-refractivity contribution in [3.8, 4) is 0 Å². The lowest BCUT2D eigenvalue weighted by Gasteiger charge is -2.27. The molecule has 0 spiro atoms. The second-order valence-electron chi connectivity index (χ2n) is 3.82. The first-order valence-electron chi connectivity index (χ1n) is 5.45. The molecule has 1 atom stereocenters. The van der Waals surface area contributed by atoms with Crippen molar-refractivity contribution in [1.82, 2.24) is 0 Å². The average Bonchev–Trinajstić information content (AvgIpc) is 2.19. The third kappa shape index (κ3) is 4.00. The molecule has 0 radical (unpaired) electrons. The van der Waals surface area contributed by atoms with Gasteiger partial charge in [-0.1, -0.05) is 26.7 Å². The number of carbonyl (C=O) groups excluding carboxylic acids is 2. The van der Waals surface area contributed by atoms with E-state index in [1.807, 2.05) is 13.8 Å². The maximum Gasteiger partial charge on any atom is 0.320 e. The molecule has 2 N–H and O–H groups in total. The highest BCUT2D eigenvalue weighted by Crippen LogP contribution is 2.29. The predicted octanol–water partition coefficient (Wildman–Crippen LogP) is 1.62. The smallest absolute Gasteiger partial charge is 0.320 e. The van der Waals surface area contributed by atoms with Crippen molar-refractivity contribution in [1.29, 1.82) is 0 Å². The van der Waals surface area contributed by atoms with E-state index in [0.717, 1.165) is 12.8 Å². The van der Waals surface area contributed by atoms with Crippen molar-refractivity contribution in [2.75, 3.05) is 6.54 Å². The Labute approximate surface area is 91.2 Å². The van der Waals surface area contributed by atoms with Gasteiger partial charge in [-0.05, 0) is 12.8 Å². The monoisotopic (exact) mass is 215 g/mol. The number of nitrogens with two attached hydrogens (primary N) is 1. The lowest BCUT2D eigenvalue weighted by Crippen LogP contribution is -2.40. The van der Waals surface area contributed by atoms with Crippen LogP contribution in [0.2, 0.25) is 0 Å². The quantitative estimate of drug-likeness (QED) is 0.540. The molecule has 0 aliphatic heterocycles. The maximum absolute atomic E-state index is 11.7. The summed E-state index contributed by atoms with van der Waals surface area (Å²) in [4.78, 5) is 22.4. The summed E-state index contributed by atoms with van der Waals surface area (Å²) < 4.78 is 4.64. The number of carbonyl (C=O) groups is 2. The number of hydrogen-bond acceptors (Lipinski definition) is 4. The van der Waals surface area contributed by atoms with Crippen molar-refractivity contribution in [2.24, 2.45) is 11.1 Å². The van der Waals surface area contributed by atoms with Crippen LogP contribution in [-0.4, -0.2) is 18.5 Å². The predicted molar refractivity (Wildman–Crippen MR) is 58.1 cm³/mol. The van der Waals surface area contributed by atoms with Gasteiger partial charge in [-0.25, -0.2) is 0 Å². The molecule has 0 rings (SSSR count). The van der Waals surface area contributed by atoms with E-state index in [4.69, 9.17) is 5.73 Å². The Bertz CT molecular complexity index is 222. The Kier molecular flexibility index (Phi) is 6.17. The van der Waals surface area contributed by atoms with Crippen LogP contribution in [0.4, 0.5) is 0 Å². The van der Waals surface area contributed by atoms with Gasteiger partial charge in [0.1, 0.15) is 0 Å². The second kappa shape index (κ2) is 6.56. The molecule has 0 saturated carbocycles. The molecule has 0 amide bonds. The topological polar surface area (TPSA) is 69.4 Å². The van der Waals surface area contributed by atoms with Gasteiger partial charge in [0.05, 0.1) is 5.41 Å². The number of rotatable bonds is 6. The fourth-order valence-electron chi connectivity index (χ4n) is 1.51. The third-order valence-electron chi connectivity index (χ3n) is 2.75. The van der Waals surface area contributed by atoms with Gasteiger partial charge < -0.3 is 10.5 Å². The third-order valence-corrected chi connectivity index (χ3v) is 2.75. The van der Waals surface area contributed by atoms with Gasteiger partial charge in [-0.3, -0.25) is 9.59 Å². The van der Waals surface area contributed by atoms with Crippen molar-refractivity contribution in [3.63, 3.8) is 0 Å². The molecule has 1 unspecified atom stereocenters. The fourth-order valence-corrected chi connectivity index (χ4v) is 1.51. The first-order valence-corrected chi connectivity index (χ1v) is 5.45. The molecule has 0 aliphatic rings. The number of ether oxygens (including phenoxy) is 1. The van der Waals surface area contributed by atoms with Gasteiger partial charge in [-0.15, -0.1) is 0 Å². The molecule has 15 heavy (non-hydrogen) atoms. The Morgan fingerprint density at radius 3 is 2.27 bits per heavy atom. The minimum Gasteiger partial charge on any atom is -0.393 e. The summed E-state index contributed by atoms with van der Waals surface area (Å²) in [5.41, 5.74) is 4.94. The molecule has 0 fully saturated rings.